The minimum absolute atomic E-state index is 0.0975. The maximum atomic E-state index is 13.3. The summed E-state index contributed by atoms with van der Waals surface area (Å²) in [6.07, 6.45) is 3.51. The Hall–Kier alpha value is -4.41. The highest BCUT2D eigenvalue weighted by Crippen LogP contribution is 2.40. The van der Waals surface area contributed by atoms with Crippen LogP contribution in [0.5, 0.6) is 5.88 Å². The first-order valence-electron chi connectivity index (χ1n) is 13.8. The Morgan fingerprint density at radius 3 is 2.52 bits per heavy atom. The van der Waals surface area contributed by atoms with Crippen LogP contribution in [0.1, 0.15) is 5.56 Å². The zero-order valence-corrected chi connectivity index (χ0v) is 25.2. The van der Waals surface area contributed by atoms with E-state index in [2.05, 4.69) is 39.5 Å². The highest BCUT2D eigenvalue weighted by molar-refractivity contribution is 6.76. The molecule has 0 aliphatic rings. The minimum atomic E-state index is -1.28. The van der Waals surface area contributed by atoms with Gasteiger partial charge in [0, 0.05) is 38.7 Å². The molecule has 0 aliphatic carbocycles. The Balaban J connectivity index is 1.57. The minimum Gasteiger partial charge on any atom is -0.481 e. The number of hydrogen-bond donors (Lipinski definition) is 1. The lowest BCUT2D eigenvalue weighted by molar-refractivity contribution is -0.115. The zero-order chi connectivity index (χ0) is 29.7. The van der Waals surface area contributed by atoms with Gasteiger partial charge in [-0.15, -0.1) is 0 Å². The first-order valence-corrected chi connectivity index (χ1v) is 17.5. The van der Waals surface area contributed by atoms with Crippen molar-refractivity contribution in [2.75, 3.05) is 19.0 Å². The van der Waals surface area contributed by atoms with Gasteiger partial charge in [0.05, 0.1) is 36.0 Å². The fourth-order valence-corrected chi connectivity index (χ4v) is 5.42. The number of carbonyl (C=O) groups is 1. The van der Waals surface area contributed by atoms with Gasteiger partial charge in [0.2, 0.25) is 11.8 Å². The summed E-state index contributed by atoms with van der Waals surface area (Å²) in [6.45, 7) is 7.94. The number of rotatable bonds is 11. The lowest BCUT2D eigenvalue weighted by Gasteiger charge is -2.17. The van der Waals surface area contributed by atoms with Crippen molar-refractivity contribution >= 4 is 30.8 Å². The van der Waals surface area contributed by atoms with Gasteiger partial charge < -0.3 is 19.4 Å². The third kappa shape index (κ3) is 6.89. The van der Waals surface area contributed by atoms with E-state index in [1.807, 2.05) is 42.5 Å². The van der Waals surface area contributed by atoms with Crippen LogP contribution in [0.2, 0.25) is 25.7 Å². The van der Waals surface area contributed by atoms with Gasteiger partial charge in [0.25, 0.3) is 0 Å². The molecule has 10 heteroatoms. The van der Waals surface area contributed by atoms with Crippen molar-refractivity contribution < 1.29 is 18.7 Å². The van der Waals surface area contributed by atoms with Crippen LogP contribution < -0.4 is 10.1 Å². The number of aromatic nitrogens is 4. The number of nitrogens with zero attached hydrogens (tertiary/aromatic N) is 4. The molecule has 4 heterocycles. The van der Waals surface area contributed by atoms with E-state index in [9.17, 15) is 9.18 Å². The Kier molecular flexibility index (Phi) is 8.74. The predicted molar refractivity (Wildman–Crippen MR) is 166 cm³/mol. The molecular formula is C32H34FN5O3Si. The number of pyridine rings is 3. The normalized spacial score (nSPS) is 11.5. The molecule has 5 aromatic rings. The van der Waals surface area contributed by atoms with Crippen LogP contribution in [0.4, 0.5) is 10.2 Å². The number of nitrogens with one attached hydrogen (secondary N) is 1. The van der Waals surface area contributed by atoms with E-state index in [0.29, 0.717) is 30.6 Å². The zero-order valence-electron chi connectivity index (χ0n) is 24.2. The second-order valence-electron chi connectivity index (χ2n) is 11.2. The average Bonchev–Trinajstić information content (AvgIpc) is 3.30. The maximum absolute atomic E-state index is 13.3. The summed E-state index contributed by atoms with van der Waals surface area (Å²) in [7, 11) is 0.312. The molecule has 0 saturated heterocycles. The summed E-state index contributed by atoms with van der Waals surface area (Å²) in [4.78, 5) is 26.7. The van der Waals surface area contributed by atoms with Crippen LogP contribution in [0, 0.1) is 5.82 Å². The van der Waals surface area contributed by atoms with Crippen LogP contribution in [-0.4, -0.2) is 47.2 Å². The van der Waals surface area contributed by atoms with Gasteiger partial charge >= 0.3 is 0 Å². The first kappa shape index (κ1) is 29.1. The highest BCUT2D eigenvalue weighted by Gasteiger charge is 2.24. The van der Waals surface area contributed by atoms with Crippen LogP contribution >= 0.6 is 0 Å². The van der Waals surface area contributed by atoms with Crippen molar-refractivity contribution in [1.82, 2.24) is 19.5 Å². The molecule has 0 fully saturated rings. The second-order valence-corrected chi connectivity index (χ2v) is 16.8. The Morgan fingerprint density at radius 2 is 1.81 bits per heavy atom. The highest BCUT2D eigenvalue weighted by atomic mass is 28.3. The third-order valence-corrected chi connectivity index (χ3v) is 8.51. The van der Waals surface area contributed by atoms with Crippen molar-refractivity contribution in [2.24, 2.45) is 0 Å². The molecule has 8 nitrogen and oxygen atoms in total. The van der Waals surface area contributed by atoms with E-state index >= 15 is 0 Å². The SMILES string of the molecule is COc1ccc2c(n1)c(-c1ccccn1)c(-c1ccnc(NC(=O)Cc3ccc(F)cc3)c1)n2COCC[Si](C)(C)C. The molecule has 0 spiro atoms. The number of hydrogen-bond acceptors (Lipinski definition) is 6. The summed E-state index contributed by atoms with van der Waals surface area (Å²) < 4.78 is 27.1. The molecule has 1 aromatic carbocycles. The van der Waals surface area contributed by atoms with Crippen molar-refractivity contribution in [3.8, 4) is 28.4 Å². The number of ether oxygens (including phenoxy) is 2. The number of anilines is 1. The molecule has 1 amide bonds. The van der Waals surface area contributed by atoms with Crippen molar-refractivity contribution in [1.29, 1.82) is 0 Å². The van der Waals surface area contributed by atoms with Gasteiger partial charge in [0.15, 0.2) is 0 Å². The first-order chi connectivity index (χ1) is 20.2. The van der Waals surface area contributed by atoms with Crippen LogP contribution in [0.25, 0.3) is 33.5 Å². The van der Waals surface area contributed by atoms with Crippen LogP contribution in [-0.2, 0) is 22.7 Å². The van der Waals surface area contributed by atoms with Crippen molar-refractivity contribution in [3.05, 3.63) is 90.5 Å². The molecule has 42 heavy (non-hydrogen) atoms. The predicted octanol–water partition coefficient (Wildman–Crippen LogP) is 6.80. The Bertz CT molecular complexity index is 1690. The second kappa shape index (κ2) is 12.6. The van der Waals surface area contributed by atoms with Gasteiger partial charge in [-0.3, -0.25) is 9.78 Å². The number of amides is 1. The van der Waals surface area contributed by atoms with E-state index < -0.39 is 8.07 Å². The fraction of sp³-hybridized carbons (Fsp3) is 0.250. The van der Waals surface area contributed by atoms with Gasteiger partial charge in [-0.25, -0.2) is 14.4 Å². The Morgan fingerprint density at radius 1 is 1.00 bits per heavy atom. The number of methoxy groups -OCH3 is 1. The molecule has 5 rings (SSSR count). The average molecular weight is 584 g/mol. The molecule has 216 valence electrons. The maximum Gasteiger partial charge on any atom is 0.229 e. The third-order valence-electron chi connectivity index (χ3n) is 6.81. The fourth-order valence-electron chi connectivity index (χ4n) is 4.66. The summed E-state index contributed by atoms with van der Waals surface area (Å²) in [5.41, 5.74) is 5.54. The summed E-state index contributed by atoms with van der Waals surface area (Å²) in [5.74, 6) is 0.294. The lowest BCUT2D eigenvalue weighted by atomic mass is 10.0. The Labute approximate surface area is 245 Å². The van der Waals surface area contributed by atoms with E-state index in [4.69, 9.17) is 14.5 Å². The van der Waals surface area contributed by atoms with Gasteiger partial charge in [-0.2, -0.15) is 0 Å². The lowest BCUT2D eigenvalue weighted by Crippen LogP contribution is -2.22. The molecule has 0 bridgehead atoms. The standard InChI is InChI=1S/C32H34FN5O3Si/c1-40-29-13-12-26-31(37-29)30(25-7-5-6-15-34-25)32(38(26)21-41-17-18-42(2,3)4)23-14-16-35-27(20-23)36-28(39)19-22-8-10-24(33)11-9-22/h5-16,20H,17-19,21H2,1-4H3,(H,35,36,39). The molecule has 0 radical (unpaired) electrons. The van der Waals surface area contributed by atoms with Gasteiger partial charge in [-0.05, 0) is 54.1 Å². The molecule has 0 unspecified atom stereocenters. The van der Waals surface area contributed by atoms with Crippen LogP contribution in [0.3, 0.4) is 0 Å². The number of benzene rings is 1. The van der Waals surface area contributed by atoms with E-state index in [1.54, 1.807) is 31.6 Å². The largest absolute Gasteiger partial charge is 0.481 e. The molecule has 1 N–H and O–H groups in total. The van der Waals surface area contributed by atoms with E-state index in [0.717, 1.165) is 39.6 Å². The topological polar surface area (TPSA) is 91.2 Å². The summed E-state index contributed by atoms with van der Waals surface area (Å²) >= 11 is 0. The van der Waals surface area contributed by atoms with Crippen molar-refractivity contribution in [2.45, 2.75) is 38.8 Å². The number of fused-ring (bicyclic) bond motifs is 1. The summed E-state index contributed by atoms with van der Waals surface area (Å²) in [5, 5.41) is 2.88. The van der Waals surface area contributed by atoms with Crippen molar-refractivity contribution in [3.63, 3.8) is 0 Å². The smallest absolute Gasteiger partial charge is 0.229 e. The van der Waals surface area contributed by atoms with Gasteiger partial charge in [0.1, 0.15) is 23.9 Å². The number of carbonyl (C=O) groups excluding carboxylic acids is 1. The molecule has 0 atom stereocenters. The van der Waals surface area contributed by atoms with Gasteiger partial charge in [-0.1, -0.05) is 37.8 Å². The number of halogens is 1. The quantitative estimate of drug-likeness (QED) is 0.136. The summed E-state index contributed by atoms with van der Waals surface area (Å²) in [6, 6.07) is 20.2. The van der Waals surface area contributed by atoms with Crippen LogP contribution in [0.15, 0.2) is 79.1 Å². The molecule has 4 aromatic heterocycles. The van der Waals surface area contributed by atoms with E-state index in [1.165, 1.54) is 12.1 Å². The monoisotopic (exact) mass is 583 g/mol. The molecule has 0 saturated carbocycles. The molecular weight excluding hydrogens is 549 g/mol. The molecule has 0 aliphatic heterocycles. The van der Waals surface area contributed by atoms with E-state index in [-0.39, 0.29) is 18.1 Å².